The highest BCUT2D eigenvalue weighted by Gasteiger charge is 2.26. The van der Waals surface area contributed by atoms with Crippen LogP contribution in [0.2, 0.25) is 0 Å². The van der Waals surface area contributed by atoms with E-state index in [-0.39, 0.29) is 0 Å². The van der Waals surface area contributed by atoms with E-state index in [1.807, 2.05) is 0 Å². The van der Waals surface area contributed by atoms with E-state index < -0.39 is 0 Å². The number of aromatic nitrogens is 3. The summed E-state index contributed by atoms with van der Waals surface area (Å²) in [6, 6.07) is 9.00. The lowest BCUT2D eigenvalue weighted by molar-refractivity contribution is 0.232. The van der Waals surface area contributed by atoms with Crippen molar-refractivity contribution in [3.8, 4) is 5.69 Å². The summed E-state index contributed by atoms with van der Waals surface area (Å²) in [5.74, 6) is 0. The van der Waals surface area contributed by atoms with Crippen molar-refractivity contribution < 1.29 is 0 Å². The third-order valence-electron chi connectivity index (χ3n) is 4.26. The topological polar surface area (TPSA) is 42.7 Å². The number of anilines is 1. The Morgan fingerprint density at radius 3 is 2.45 bits per heavy atom. The molecule has 0 spiro atoms. The lowest BCUT2D eigenvalue weighted by Gasteiger charge is -2.35. The number of nitrogens with one attached hydrogen (secondary N) is 1. The molecular weight excluding hydrogens is 248 g/mol. The lowest BCUT2D eigenvalue weighted by Crippen LogP contribution is -2.29. The fraction of sp³-hybridized carbons (Fsp3) is 0.500. The minimum Gasteiger partial charge on any atom is -0.382 e. The third kappa shape index (κ3) is 3.00. The van der Waals surface area contributed by atoms with Crippen LogP contribution in [-0.2, 0) is 0 Å². The molecule has 1 aromatic heterocycles. The van der Waals surface area contributed by atoms with Gasteiger partial charge in [-0.2, -0.15) is 5.10 Å². The first-order chi connectivity index (χ1) is 9.62. The second-order valence-electron chi connectivity index (χ2n) is 6.47. The zero-order valence-corrected chi connectivity index (χ0v) is 12.2. The Kier molecular flexibility index (Phi) is 3.47. The zero-order chi connectivity index (χ0) is 14.0. The summed E-state index contributed by atoms with van der Waals surface area (Å²) in [6.45, 7) is 4.74. The van der Waals surface area contributed by atoms with Crippen LogP contribution in [0.15, 0.2) is 36.9 Å². The Balaban J connectivity index is 1.61. The zero-order valence-electron chi connectivity index (χ0n) is 12.2. The van der Waals surface area contributed by atoms with Gasteiger partial charge >= 0.3 is 0 Å². The molecule has 1 heterocycles. The molecule has 0 amide bonds. The molecule has 0 atom stereocenters. The van der Waals surface area contributed by atoms with Gasteiger partial charge in [-0.1, -0.05) is 13.8 Å². The highest BCUT2D eigenvalue weighted by Crippen LogP contribution is 2.36. The predicted octanol–water partition coefficient (Wildman–Crippen LogP) is 3.65. The van der Waals surface area contributed by atoms with Crippen molar-refractivity contribution in [3.05, 3.63) is 36.9 Å². The van der Waals surface area contributed by atoms with Gasteiger partial charge in [0.2, 0.25) is 0 Å². The van der Waals surface area contributed by atoms with Gasteiger partial charge in [0.1, 0.15) is 12.7 Å². The summed E-state index contributed by atoms with van der Waals surface area (Å²) >= 11 is 0. The van der Waals surface area contributed by atoms with Crippen LogP contribution in [0.1, 0.15) is 39.5 Å². The molecule has 1 aliphatic rings. The van der Waals surface area contributed by atoms with E-state index in [1.54, 1.807) is 17.3 Å². The van der Waals surface area contributed by atoms with Gasteiger partial charge in [-0.25, -0.2) is 9.67 Å². The van der Waals surface area contributed by atoms with Gasteiger partial charge in [-0.15, -0.1) is 0 Å². The van der Waals surface area contributed by atoms with E-state index >= 15 is 0 Å². The molecule has 1 saturated carbocycles. The predicted molar refractivity (Wildman–Crippen MR) is 81.0 cm³/mol. The molecule has 4 nitrogen and oxygen atoms in total. The second-order valence-corrected chi connectivity index (χ2v) is 6.47. The van der Waals surface area contributed by atoms with Gasteiger partial charge in [0.05, 0.1) is 5.69 Å². The van der Waals surface area contributed by atoms with Crippen molar-refractivity contribution in [3.63, 3.8) is 0 Å². The van der Waals surface area contributed by atoms with Gasteiger partial charge in [-0.3, -0.25) is 0 Å². The Labute approximate surface area is 120 Å². The summed E-state index contributed by atoms with van der Waals surface area (Å²) < 4.78 is 1.77. The van der Waals surface area contributed by atoms with Gasteiger partial charge in [0.15, 0.2) is 0 Å². The minimum atomic E-state index is 0.523. The van der Waals surface area contributed by atoms with E-state index in [1.165, 1.54) is 31.4 Å². The van der Waals surface area contributed by atoms with Crippen LogP contribution in [0, 0.1) is 5.41 Å². The fourth-order valence-electron chi connectivity index (χ4n) is 2.83. The van der Waals surface area contributed by atoms with Crippen LogP contribution < -0.4 is 5.32 Å². The monoisotopic (exact) mass is 270 g/mol. The van der Waals surface area contributed by atoms with Gasteiger partial charge in [0.25, 0.3) is 0 Å². The molecule has 0 aliphatic heterocycles. The molecule has 0 saturated heterocycles. The SMILES string of the molecule is CC1(C)CCC(Nc2ccc(-n3cncn3)cc2)CC1. The highest BCUT2D eigenvalue weighted by atomic mass is 15.3. The molecule has 0 unspecified atom stereocenters. The van der Waals surface area contributed by atoms with Crippen molar-refractivity contribution in [2.75, 3.05) is 5.32 Å². The molecule has 106 valence electrons. The summed E-state index contributed by atoms with van der Waals surface area (Å²) in [5.41, 5.74) is 2.76. The maximum absolute atomic E-state index is 4.13. The van der Waals surface area contributed by atoms with E-state index in [2.05, 4.69) is 53.5 Å². The van der Waals surface area contributed by atoms with Gasteiger partial charge in [0, 0.05) is 11.7 Å². The van der Waals surface area contributed by atoms with Crippen molar-refractivity contribution in [2.45, 2.75) is 45.6 Å². The first kappa shape index (κ1) is 13.2. The first-order valence-corrected chi connectivity index (χ1v) is 7.34. The average molecular weight is 270 g/mol. The van der Waals surface area contributed by atoms with Crippen LogP contribution in [0.3, 0.4) is 0 Å². The lowest BCUT2D eigenvalue weighted by atomic mass is 9.75. The molecule has 0 radical (unpaired) electrons. The second kappa shape index (κ2) is 5.27. The van der Waals surface area contributed by atoms with E-state index in [4.69, 9.17) is 0 Å². The van der Waals surface area contributed by atoms with Crippen molar-refractivity contribution in [1.29, 1.82) is 0 Å². The molecule has 1 aliphatic carbocycles. The number of rotatable bonds is 3. The number of benzene rings is 1. The number of hydrogen-bond acceptors (Lipinski definition) is 3. The minimum absolute atomic E-state index is 0.523. The van der Waals surface area contributed by atoms with Crippen LogP contribution in [-0.4, -0.2) is 20.8 Å². The van der Waals surface area contributed by atoms with Crippen molar-refractivity contribution >= 4 is 5.69 Å². The van der Waals surface area contributed by atoms with Gasteiger partial charge in [-0.05, 0) is 55.4 Å². The number of nitrogens with zero attached hydrogens (tertiary/aromatic N) is 3. The Morgan fingerprint density at radius 1 is 1.15 bits per heavy atom. The summed E-state index contributed by atoms with van der Waals surface area (Å²) in [5, 5.41) is 7.78. The smallest absolute Gasteiger partial charge is 0.138 e. The summed E-state index contributed by atoms with van der Waals surface area (Å²) in [6.07, 6.45) is 8.40. The molecule has 1 N–H and O–H groups in total. The number of hydrogen-bond donors (Lipinski definition) is 1. The van der Waals surface area contributed by atoms with E-state index in [0.717, 1.165) is 5.69 Å². The van der Waals surface area contributed by atoms with Gasteiger partial charge < -0.3 is 5.32 Å². The molecular formula is C16H22N4. The van der Waals surface area contributed by atoms with Crippen LogP contribution in [0.25, 0.3) is 5.69 Å². The Hall–Kier alpha value is -1.84. The average Bonchev–Trinajstić information content (AvgIpc) is 2.96. The first-order valence-electron chi connectivity index (χ1n) is 7.34. The van der Waals surface area contributed by atoms with Crippen LogP contribution in [0.4, 0.5) is 5.69 Å². The molecule has 3 rings (SSSR count). The maximum Gasteiger partial charge on any atom is 0.138 e. The highest BCUT2D eigenvalue weighted by molar-refractivity contribution is 5.49. The quantitative estimate of drug-likeness (QED) is 0.925. The summed E-state index contributed by atoms with van der Waals surface area (Å²) in [4.78, 5) is 3.96. The molecule has 2 aromatic rings. The molecule has 20 heavy (non-hydrogen) atoms. The Bertz CT molecular complexity index is 532. The van der Waals surface area contributed by atoms with Crippen LogP contribution in [0.5, 0.6) is 0 Å². The van der Waals surface area contributed by atoms with E-state index in [9.17, 15) is 0 Å². The van der Waals surface area contributed by atoms with E-state index in [0.29, 0.717) is 11.5 Å². The fourth-order valence-corrected chi connectivity index (χ4v) is 2.83. The molecule has 4 heteroatoms. The van der Waals surface area contributed by atoms with Crippen LogP contribution >= 0.6 is 0 Å². The van der Waals surface area contributed by atoms with Crippen molar-refractivity contribution in [1.82, 2.24) is 14.8 Å². The Morgan fingerprint density at radius 2 is 1.85 bits per heavy atom. The molecule has 1 aromatic carbocycles. The molecule has 1 fully saturated rings. The van der Waals surface area contributed by atoms with Crippen molar-refractivity contribution in [2.24, 2.45) is 5.41 Å². The standard InChI is InChI=1S/C16H22N4/c1-16(2)9-7-14(8-10-16)19-13-3-5-15(6-4-13)20-12-17-11-18-20/h3-6,11-12,14,19H,7-10H2,1-2H3. The largest absolute Gasteiger partial charge is 0.382 e. The maximum atomic E-state index is 4.13. The molecule has 0 bridgehead atoms. The third-order valence-corrected chi connectivity index (χ3v) is 4.26. The normalized spacial score (nSPS) is 18.9. The summed E-state index contributed by atoms with van der Waals surface area (Å²) in [7, 11) is 0.